The highest BCUT2D eigenvalue weighted by atomic mass is 16.5. The Labute approximate surface area is 122 Å². The first-order chi connectivity index (χ1) is 9.54. The van der Waals surface area contributed by atoms with E-state index in [0.717, 1.165) is 18.9 Å². The van der Waals surface area contributed by atoms with Crippen molar-refractivity contribution in [2.24, 2.45) is 16.6 Å². The van der Waals surface area contributed by atoms with Crippen LogP contribution in [0.2, 0.25) is 0 Å². The molecule has 1 unspecified atom stereocenters. The number of ether oxygens (including phenoxy) is 1. The fourth-order valence-electron chi connectivity index (χ4n) is 3.87. The molecule has 1 atom stereocenters. The summed E-state index contributed by atoms with van der Waals surface area (Å²) >= 11 is 0. The third-order valence-electron chi connectivity index (χ3n) is 5.58. The summed E-state index contributed by atoms with van der Waals surface area (Å²) in [7, 11) is 0. The SMILES string of the molecule is CC1(C)CCC(CN)(CC2COc3ccccc32)CC1. The molecule has 20 heavy (non-hydrogen) atoms. The van der Waals surface area contributed by atoms with Crippen LogP contribution in [0.5, 0.6) is 5.75 Å². The molecule has 3 rings (SSSR count). The molecule has 0 aromatic heterocycles. The fourth-order valence-corrected chi connectivity index (χ4v) is 3.87. The number of rotatable bonds is 3. The van der Waals surface area contributed by atoms with Gasteiger partial charge in [-0.2, -0.15) is 0 Å². The Morgan fingerprint density at radius 3 is 2.55 bits per heavy atom. The van der Waals surface area contributed by atoms with Crippen LogP contribution in [0.15, 0.2) is 24.3 Å². The molecule has 2 nitrogen and oxygen atoms in total. The second-order valence-electron chi connectivity index (χ2n) is 7.62. The van der Waals surface area contributed by atoms with Crippen molar-refractivity contribution in [3.8, 4) is 5.75 Å². The first-order valence-electron chi connectivity index (χ1n) is 7.95. The van der Waals surface area contributed by atoms with E-state index in [1.54, 1.807) is 0 Å². The minimum Gasteiger partial charge on any atom is -0.493 e. The van der Waals surface area contributed by atoms with Gasteiger partial charge in [0.05, 0.1) is 6.61 Å². The van der Waals surface area contributed by atoms with Crippen molar-refractivity contribution in [3.63, 3.8) is 0 Å². The van der Waals surface area contributed by atoms with E-state index >= 15 is 0 Å². The Morgan fingerprint density at radius 1 is 1.15 bits per heavy atom. The van der Waals surface area contributed by atoms with Crippen molar-refractivity contribution in [3.05, 3.63) is 29.8 Å². The van der Waals surface area contributed by atoms with E-state index in [2.05, 4.69) is 38.1 Å². The Hall–Kier alpha value is -1.02. The molecule has 0 amide bonds. The van der Waals surface area contributed by atoms with Crippen molar-refractivity contribution in [2.75, 3.05) is 13.2 Å². The van der Waals surface area contributed by atoms with Gasteiger partial charge >= 0.3 is 0 Å². The molecule has 1 aromatic rings. The van der Waals surface area contributed by atoms with Crippen LogP contribution in [-0.2, 0) is 0 Å². The Bertz CT molecular complexity index is 470. The lowest BCUT2D eigenvalue weighted by Gasteiger charge is -2.44. The molecule has 0 radical (unpaired) electrons. The average molecular weight is 273 g/mol. The summed E-state index contributed by atoms with van der Waals surface area (Å²) in [6.45, 7) is 6.44. The number of nitrogens with two attached hydrogens (primary N) is 1. The first-order valence-corrected chi connectivity index (χ1v) is 7.95. The van der Waals surface area contributed by atoms with Crippen LogP contribution in [-0.4, -0.2) is 13.2 Å². The molecular weight excluding hydrogens is 246 g/mol. The average Bonchev–Trinajstić information content (AvgIpc) is 2.85. The lowest BCUT2D eigenvalue weighted by Crippen LogP contribution is -2.38. The van der Waals surface area contributed by atoms with Crippen LogP contribution in [0, 0.1) is 10.8 Å². The van der Waals surface area contributed by atoms with E-state index in [1.165, 1.54) is 37.7 Å². The van der Waals surface area contributed by atoms with Gasteiger partial charge in [0.15, 0.2) is 0 Å². The largest absolute Gasteiger partial charge is 0.493 e. The molecule has 1 aliphatic carbocycles. The Kier molecular flexibility index (Phi) is 3.53. The minimum absolute atomic E-state index is 0.334. The number of benzene rings is 1. The number of para-hydroxylation sites is 1. The summed E-state index contributed by atoms with van der Waals surface area (Å²) in [5.74, 6) is 1.62. The predicted octanol–water partition coefficient (Wildman–Crippen LogP) is 4.10. The highest BCUT2D eigenvalue weighted by Gasteiger charge is 2.40. The van der Waals surface area contributed by atoms with Gasteiger partial charge in [-0.1, -0.05) is 32.0 Å². The van der Waals surface area contributed by atoms with Gasteiger partial charge in [-0.05, 0) is 55.5 Å². The van der Waals surface area contributed by atoms with E-state index in [4.69, 9.17) is 10.5 Å². The van der Waals surface area contributed by atoms with Gasteiger partial charge in [0, 0.05) is 11.5 Å². The standard InChI is InChI=1S/C18H27NO/c1-17(2)7-9-18(13-19,10-8-17)11-14-12-20-16-6-4-3-5-15(14)16/h3-6,14H,7-13,19H2,1-2H3. The fraction of sp³-hybridized carbons (Fsp3) is 0.667. The zero-order valence-electron chi connectivity index (χ0n) is 12.8. The molecule has 110 valence electrons. The quantitative estimate of drug-likeness (QED) is 0.900. The van der Waals surface area contributed by atoms with Crippen LogP contribution in [0.3, 0.4) is 0 Å². The lowest BCUT2D eigenvalue weighted by atomic mass is 9.62. The maximum atomic E-state index is 6.18. The predicted molar refractivity (Wildman–Crippen MR) is 83.0 cm³/mol. The maximum absolute atomic E-state index is 6.18. The summed E-state index contributed by atoms with van der Waals surface area (Å²) < 4.78 is 5.84. The maximum Gasteiger partial charge on any atom is 0.122 e. The second kappa shape index (κ2) is 5.07. The molecule has 0 bridgehead atoms. The van der Waals surface area contributed by atoms with Crippen molar-refractivity contribution < 1.29 is 4.74 Å². The third-order valence-corrected chi connectivity index (χ3v) is 5.58. The van der Waals surface area contributed by atoms with Crippen LogP contribution < -0.4 is 10.5 Å². The van der Waals surface area contributed by atoms with Gasteiger partial charge in [-0.3, -0.25) is 0 Å². The summed E-state index contributed by atoms with van der Waals surface area (Å²) in [5, 5.41) is 0. The molecule has 0 spiro atoms. The second-order valence-corrected chi connectivity index (χ2v) is 7.62. The van der Waals surface area contributed by atoms with Crippen molar-refractivity contribution in [1.82, 2.24) is 0 Å². The van der Waals surface area contributed by atoms with Gasteiger partial charge in [0.25, 0.3) is 0 Å². The van der Waals surface area contributed by atoms with Gasteiger partial charge in [-0.25, -0.2) is 0 Å². The third kappa shape index (κ3) is 2.58. The molecule has 1 heterocycles. The molecular formula is C18H27NO. The van der Waals surface area contributed by atoms with Gasteiger partial charge in [-0.15, -0.1) is 0 Å². The first kappa shape index (κ1) is 13.9. The smallest absolute Gasteiger partial charge is 0.122 e. The molecule has 1 aliphatic heterocycles. The summed E-state index contributed by atoms with van der Waals surface area (Å²) in [4.78, 5) is 0. The summed E-state index contributed by atoms with van der Waals surface area (Å²) in [6.07, 6.45) is 6.35. The highest BCUT2D eigenvalue weighted by molar-refractivity contribution is 5.39. The van der Waals surface area contributed by atoms with Gasteiger partial charge in [0.2, 0.25) is 0 Å². The van der Waals surface area contributed by atoms with E-state index in [9.17, 15) is 0 Å². The van der Waals surface area contributed by atoms with Gasteiger partial charge in [0.1, 0.15) is 5.75 Å². The summed E-state index contributed by atoms with van der Waals surface area (Å²) in [5.41, 5.74) is 8.41. The molecule has 2 N–H and O–H groups in total. The molecule has 1 fully saturated rings. The number of fused-ring (bicyclic) bond motifs is 1. The van der Waals surface area contributed by atoms with E-state index in [-0.39, 0.29) is 0 Å². The van der Waals surface area contributed by atoms with Crippen LogP contribution >= 0.6 is 0 Å². The molecule has 1 aromatic carbocycles. The molecule has 0 saturated heterocycles. The normalized spacial score (nSPS) is 26.9. The Morgan fingerprint density at radius 2 is 1.85 bits per heavy atom. The van der Waals surface area contributed by atoms with Crippen molar-refractivity contribution in [1.29, 1.82) is 0 Å². The van der Waals surface area contributed by atoms with E-state index in [0.29, 0.717) is 16.7 Å². The van der Waals surface area contributed by atoms with Crippen LogP contribution in [0.1, 0.15) is 57.4 Å². The Balaban J connectivity index is 1.74. The van der Waals surface area contributed by atoms with E-state index in [1.807, 2.05) is 0 Å². The monoisotopic (exact) mass is 273 g/mol. The number of hydrogen-bond acceptors (Lipinski definition) is 2. The minimum atomic E-state index is 0.334. The molecule has 2 heteroatoms. The highest BCUT2D eigenvalue weighted by Crippen LogP contribution is 2.50. The van der Waals surface area contributed by atoms with E-state index < -0.39 is 0 Å². The number of hydrogen-bond donors (Lipinski definition) is 1. The molecule has 1 saturated carbocycles. The van der Waals surface area contributed by atoms with Gasteiger partial charge < -0.3 is 10.5 Å². The zero-order chi connectivity index (χ0) is 14.2. The van der Waals surface area contributed by atoms with Crippen LogP contribution in [0.4, 0.5) is 0 Å². The summed E-state index contributed by atoms with van der Waals surface area (Å²) in [6, 6.07) is 8.50. The van der Waals surface area contributed by atoms with Crippen molar-refractivity contribution in [2.45, 2.75) is 51.9 Å². The zero-order valence-corrected chi connectivity index (χ0v) is 12.8. The van der Waals surface area contributed by atoms with Crippen molar-refractivity contribution >= 4 is 0 Å². The lowest BCUT2D eigenvalue weighted by molar-refractivity contribution is 0.0891. The molecule has 2 aliphatic rings. The topological polar surface area (TPSA) is 35.2 Å². The van der Waals surface area contributed by atoms with Crippen LogP contribution in [0.25, 0.3) is 0 Å².